The molecule has 0 heterocycles. The second kappa shape index (κ2) is 7.00. The van der Waals surface area contributed by atoms with E-state index in [-0.39, 0.29) is 11.9 Å². The van der Waals surface area contributed by atoms with Gasteiger partial charge in [-0.2, -0.15) is 0 Å². The summed E-state index contributed by atoms with van der Waals surface area (Å²) in [4.78, 5) is 0. The molecule has 0 amide bonds. The summed E-state index contributed by atoms with van der Waals surface area (Å²) in [5.41, 5.74) is 3.05. The second-order valence-corrected chi connectivity index (χ2v) is 5.71. The fourth-order valence-corrected chi connectivity index (χ4v) is 2.79. The lowest BCUT2D eigenvalue weighted by Crippen LogP contribution is -2.19. The molecule has 2 aromatic rings. The summed E-state index contributed by atoms with van der Waals surface area (Å²) in [7, 11) is 1.85. The highest BCUT2D eigenvalue weighted by atomic mass is 79.9. The molecule has 1 unspecified atom stereocenters. The molecule has 1 N–H and O–H groups in total. The largest absolute Gasteiger partial charge is 0.309 e. The van der Waals surface area contributed by atoms with E-state index in [2.05, 4.69) is 52.4 Å². The van der Waals surface area contributed by atoms with Gasteiger partial charge in [0.05, 0.1) is 10.5 Å². The standard InChI is InChI=1S/C17H19BrFN/c1-3-5-12-8-10-13(11-9-12)17(20-2)14-6-4-7-15(18)16(14)19/h4,6-11,17,20H,3,5H2,1-2H3. The van der Waals surface area contributed by atoms with Crippen molar-refractivity contribution >= 4 is 15.9 Å². The second-order valence-electron chi connectivity index (χ2n) is 4.86. The molecule has 20 heavy (non-hydrogen) atoms. The van der Waals surface area contributed by atoms with E-state index >= 15 is 0 Å². The van der Waals surface area contributed by atoms with Crippen LogP contribution in [0.3, 0.4) is 0 Å². The van der Waals surface area contributed by atoms with Gasteiger partial charge in [-0.25, -0.2) is 4.39 Å². The lowest BCUT2D eigenvalue weighted by Gasteiger charge is -2.19. The Kier molecular flexibility index (Phi) is 5.32. The quantitative estimate of drug-likeness (QED) is 0.823. The van der Waals surface area contributed by atoms with E-state index in [1.165, 1.54) is 5.56 Å². The van der Waals surface area contributed by atoms with Crippen LogP contribution in [0, 0.1) is 5.82 Å². The van der Waals surface area contributed by atoms with Crippen LogP contribution in [-0.2, 0) is 6.42 Å². The van der Waals surface area contributed by atoms with E-state index in [4.69, 9.17) is 0 Å². The van der Waals surface area contributed by atoms with E-state index < -0.39 is 0 Å². The first-order chi connectivity index (χ1) is 9.67. The Bertz CT molecular complexity index is 566. The topological polar surface area (TPSA) is 12.0 Å². The molecule has 106 valence electrons. The fourth-order valence-electron chi connectivity index (χ4n) is 2.41. The van der Waals surface area contributed by atoms with E-state index in [9.17, 15) is 4.39 Å². The summed E-state index contributed by atoms with van der Waals surface area (Å²) in [6, 6.07) is 13.7. The molecule has 2 rings (SSSR count). The van der Waals surface area contributed by atoms with Gasteiger partial charge < -0.3 is 5.32 Å². The van der Waals surface area contributed by atoms with Gasteiger partial charge in [0.1, 0.15) is 5.82 Å². The summed E-state index contributed by atoms with van der Waals surface area (Å²) < 4.78 is 14.7. The maximum Gasteiger partial charge on any atom is 0.142 e. The summed E-state index contributed by atoms with van der Waals surface area (Å²) in [5, 5.41) is 3.19. The third-order valence-electron chi connectivity index (χ3n) is 3.43. The molecule has 3 heteroatoms. The van der Waals surface area contributed by atoms with Crippen molar-refractivity contribution < 1.29 is 4.39 Å². The van der Waals surface area contributed by atoms with Gasteiger partial charge in [-0.3, -0.25) is 0 Å². The lowest BCUT2D eigenvalue weighted by molar-refractivity contribution is 0.571. The minimum Gasteiger partial charge on any atom is -0.309 e. The molecule has 0 fully saturated rings. The first kappa shape index (κ1) is 15.2. The van der Waals surface area contributed by atoms with Crippen LogP contribution in [0.5, 0.6) is 0 Å². The zero-order chi connectivity index (χ0) is 14.5. The minimum absolute atomic E-state index is 0.136. The molecule has 1 nitrogen and oxygen atoms in total. The third kappa shape index (κ3) is 3.28. The zero-order valence-corrected chi connectivity index (χ0v) is 13.4. The Hall–Kier alpha value is -1.19. The van der Waals surface area contributed by atoms with Crippen molar-refractivity contribution in [2.24, 2.45) is 0 Å². The molecular weight excluding hydrogens is 317 g/mol. The van der Waals surface area contributed by atoms with Crippen LogP contribution in [0.25, 0.3) is 0 Å². The molecule has 0 saturated heterocycles. The maximum atomic E-state index is 14.2. The van der Waals surface area contributed by atoms with Gasteiger partial charge in [0.25, 0.3) is 0 Å². The Morgan fingerprint density at radius 2 is 1.85 bits per heavy atom. The average Bonchev–Trinajstić information content (AvgIpc) is 2.46. The molecule has 2 aromatic carbocycles. The monoisotopic (exact) mass is 335 g/mol. The highest BCUT2D eigenvalue weighted by Crippen LogP contribution is 2.28. The van der Waals surface area contributed by atoms with Crippen LogP contribution in [0.2, 0.25) is 0 Å². The molecule has 0 aliphatic heterocycles. The number of hydrogen-bond donors (Lipinski definition) is 1. The van der Waals surface area contributed by atoms with Crippen LogP contribution >= 0.6 is 15.9 Å². The van der Waals surface area contributed by atoms with Crippen molar-refractivity contribution in [3.05, 3.63) is 69.4 Å². The van der Waals surface area contributed by atoms with E-state index in [1.807, 2.05) is 19.2 Å². The lowest BCUT2D eigenvalue weighted by atomic mass is 9.97. The van der Waals surface area contributed by atoms with Gasteiger partial charge in [0.15, 0.2) is 0 Å². The zero-order valence-electron chi connectivity index (χ0n) is 11.8. The molecule has 0 radical (unpaired) electrons. The SMILES string of the molecule is CCCc1ccc(C(NC)c2cccc(Br)c2F)cc1. The molecule has 0 aromatic heterocycles. The van der Waals surface area contributed by atoms with Crippen LogP contribution in [0.4, 0.5) is 4.39 Å². The van der Waals surface area contributed by atoms with Gasteiger partial charge >= 0.3 is 0 Å². The van der Waals surface area contributed by atoms with Crippen LogP contribution in [-0.4, -0.2) is 7.05 Å². The number of nitrogens with one attached hydrogen (secondary N) is 1. The molecule has 0 aliphatic carbocycles. The Labute approximate surface area is 128 Å². The summed E-state index contributed by atoms with van der Waals surface area (Å²) in [5.74, 6) is -0.204. The third-order valence-corrected chi connectivity index (χ3v) is 4.05. The van der Waals surface area contributed by atoms with E-state index in [1.54, 1.807) is 6.07 Å². The van der Waals surface area contributed by atoms with Crippen LogP contribution in [0.1, 0.15) is 36.1 Å². The summed E-state index contributed by atoms with van der Waals surface area (Å²) >= 11 is 3.25. The smallest absolute Gasteiger partial charge is 0.142 e. The van der Waals surface area contributed by atoms with Gasteiger partial charge in [-0.1, -0.05) is 49.7 Å². The van der Waals surface area contributed by atoms with Crippen molar-refractivity contribution in [3.8, 4) is 0 Å². The highest BCUT2D eigenvalue weighted by Gasteiger charge is 2.17. The predicted molar refractivity (Wildman–Crippen MR) is 85.4 cm³/mol. The highest BCUT2D eigenvalue weighted by molar-refractivity contribution is 9.10. The number of halogens is 2. The van der Waals surface area contributed by atoms with Crippen molar-refractivity contribution in [1.82, 2.24) is 5.32 Å². The van der Waals surface area contributed by atoms with Crippen LogP contribution < -0.4 is 5.32 Å². The fraction of sp³-hybridized carbons (Fsp3) is 0.294. The van der Waals surface area contributed by atoms with Gasteiger partial charge in [0.2, 0.25) is 0 Å². The maximum absolute atomic E-state index is 14.2. The molecule has 0 saturated carbocycles. The first-order valence-electron chi connectivity index (χ1n) is 6.87. The van der Waals surface area contributed by atoms with Crippen molar-refractivity contribution in [3.63, 3.8) is 0 Å². The van der Waals surface area contributed by atoms with Crippen molar-refractivity contribution in [2.45, 2.75) is 25.8 Å². The molecule has 0 aliphatic rings. The van der Waals surface area contributed by atoms with Gasteiger partial charge in [-0.15, -0.1) is 0 Å². The van der Waals surface area contributed by atoms with Gasteiger partial charge in [-0.05, 0) is 46.6 Å². The number of benzene rings is 2. The Balaban J connectivity index is 2.34. The Morgan fingerprint density at radius 1 is 1.15 bits per heavy atom. The Morgan fingerprint density at radius 3 is 2.45 bits per heavy atom. The average molecular weight is 336 g/mol. The molecule has 0 bridgehead atoms. The van der Waals surface area contributed by atoms with E-state index in [0.717, 1.165) is 18.4 Å². The van der Waals surface area contributed by atoms with Crippen LogP contribution in [0.15, 0.2) is 46.9 Å². The number of hydrogen-bond acceptors (Lipinski definition) is 1. The van der Waals surface area contributed by atoms with E-state index in [0.29, 0.717) is 10.0 Å². The molecular formula is C17H19BrFN. The summed E-state index contributed by atoms with van der Waals surface area (Å²) in [6.45, 7) is 2.17. The van der Waals surface area contributed by atoms with Crippen molar-refractivity contribution in [2.75, 3.05) is 7.05 Å². The number of aryl methyl sites for hydroxylation is 1. The molecule has 0 spiro atoms. The van der Waals surface area contributed by atoms with Crippen molar-refractivity contribution in [1.29, 1.82) is 0 Å². The number of rotatable bonds is 5. The predicted octanol–water partition coefficient (Wildman–Crippen LogP) is 4.85. The first-order valence-corrected chi connectivity index (χ1v) is 7.66. The molecule has 1 atom stereocenters. The van der Waals surface area contributed by atoms with Gasteiger partial charge in [0, 0.05) is 5.56 Å². The normalized spacial score (nSPS) is 12.4. The summed E-state index contributed by atoms with van der Waals surface area (Å²) in [6.07, 6.45) is 2.21. The minimum atomic E-state index is -0.204.